The first-order valence-corrected chi connectivity index (χ1v) is 8.76. The van der Waals surface area contributed by atoms with Gasteiger partial charge in [-0.2, -0.15) is 0 Å². The molecule has 0 radical (unpaired) electrons. The fourth-order valence-corrected chi connectivity index (χ4v) is 1.97. The monoisotopic (exact) mass is 360 g/mol. The van der Waals surface area contributed by atoms with Crippen LogP contribution in [0.2, 0.25) is 0 Å². The average Bonchev–Trinajstić information content (AvgIpc) is 2.66. The Kier molecular flexibility index (Phi) is 17.0. The van der Waals surface area contributed by atoms with Gasteiger partial charge in [0.2, 0.25) is 0 Å². The van der Waals surface area contributed by atoms with E-state index in [2.05, 4.69) is 33.6 Å². The summed E-state index contributed by atoms with van der Waals surface area (Å²) < 4.78 is 0. The number of aliphatic carboxylic acids is 2. The van der Waals surface area contributed by atoms with Crippen molar-refractivity contribution in [1.29, 1.82) is 0 Å². The van der Waals surface area contributed by atoms with E-state index in [0.29, 0.717) is 17.9 Å². The summed E-state index contributed by atoms with van der Waals surface area (Å²) in [4.78, 5) is 19.8. The number of carboxylic acids is 2. The topological polar surface area (TPSA) is 74.6 Å². The fraction of sp³-hybridized carbons (Fsp3) is 0.364. The molecule has 1 aromatic carbocycles. The largest absolute Gasteiger partial charge is 0.478 e. The van der Waals surface area contributed by atoms with Crippen LogP contribution in [0, 0.1) is 5.92 Å². The Morgan fingerprint density at radius 3 is 1.96 bits per heavy atom. The molecule has 26 heavy (non-hydrogen) atoms. The summed E-state index contributed by atoms with van der Waals surface area (Å²) in [6.45, 7) is 14.4. The Labute approximate surface area is 157 Å². The van der Waals surface area contributed by atoms with Gasteiger partial charge in [0.1, 0.15) is 0 Å². The Morgan fingerprint density at radius 2 is 1.65 bits per heavy atom. The summed E-state index contributed by atoms with van der Waals surface area (Å²) >= 11 is 0. The molecule has 1 atom stereocenters. The zero-order chi connectivity index (χ0) is 20.4. The number of hydrogen-bond donors (Lipinski definition) is 2. The predicted octanol–water partition coefficient (Wildman–Crippen LogP) is 5.82. The van der Waals surface area contributed by atoms with Crippen LogP contribution in [0.25, 0.3) is 6.08 Å². The fourth-order valence-electron chi connectivity index (χ4n) is 1.97. The molecular weight excluding hydrogens is 328 g/mol. The van der Waals surface area contributed by atoms with Crippen molar-refractivity contribution in [2.45, 2.75) is 46.0 Å². The first-order valence-electron chi connectivity index (χ1n) is 8.76. The maximum atomic E-state index is 10.5. The molecule has 0 amide bonds. The molecule has 0 saturated heterocycles. The minimum absolute atomic E-state index is 0.350. The average molecular weight is 360 g/mol. The Morgan fingerprint density at radius 1 is 1.12 bits per heavy atom. The predicted molar refractivity (Wildman–Crippen MR) is 109 cm³/mol. The van der Waals surface area contributed by atoms with Crippen LogP contribution in [0.3, 0.4) is 0 Å². The van der Waals surface area contributed by atoms with E-state index in [0.717, 1.165) is 18.9 Å². The van der Waals surface area contributed by atoms with E-state index in [4.69, 9.17) is 10.2 Å². The summed E-state index contributed by atoms with van der Waals surface area (Å²) in [5.74, 6) is -1.33. The van der Waals surface area contributed by atoms with Gasteiger partial charge < -0.3 is 10.2 Å². The molecule has 0 aliphatic carbocycles. The van der Waals surface area contributed by atoms with Gasteiger partial charge >= 0.3 is 11.9 Å². The van der Waals surface area contributed by atoms with Crippen LogP contribution < -0.4 is 0 Å². The lowest BCUT2D eigenvalue weighted by molar-refractivity contribution is -0.133. The number of hydrogen-bond acceptors (Lipinski definition) is 2. The van der Waals surface area contributed by atoms with Crippen LogP contribution in [0.1, 0.15) is 51.5 Å². The minimum Gasteiger partial charge on any atom is -0.478 e. The van der Waals surface area contributed by atoms with Crippen LogP contribution in [0.5, 0.6) is 0 Å². The van der Waals surface area contributed by atoms with Gasteiger partial charge in [-0.15, -0.1) is 0 Å². The van der Waals surface area contributed by atoms with Crippen LogP contribution in [-0.4, -0.2) is 22.2 Å². The molecule has 0 heterocycles. The minimum atomic E-state index is -0.981. The number of carboxylic acid groups (broad SMARTS) is 2. The van der Waals surface area contributed by atoms with Crippen LogP contribution in [0.15, 0.2) is 61.7 Å². The summed E-state index contributed by atoms with van der Waals surface area (Å²) in [6.07, 6.45) is 7.85. The van der Waals surface area contributed by atoms with Gasteiger partial charge in [-0.3, -0.25) is 0 Å². The first kappa shape index (κ1) is 25.6. The van der Waals surface area contributed by atoms with Crippen molar-refractivity contribution in [2.24, 2.45) is 5.92 Å². The molecular formula is C22H32O4. The molecule has 1 aromatic rings. The second-order valence-electron chi connectivity index (χ2n) is 5.69. The third-order valence-electron chi connectivity index (χ3n) is 3.59. The molecule has 2 N–H and O–H groups in total. The highest BCUT2D eigenvalue weighted by Gasteiger charge is 2.11. The van der Waals surface area contributed by atoms with Gasteiger partial charge in [0.25, 0.3) is 0 Å². The maximum Gasteiger partial charge on any atom is 0.330 e. The molecule has 0 fully saturated rings. The highest BCUT2D eigenvalue weighted by atomic mass is 16.4. The summed E-state index contributed by atoms with van der Waals surface area (Å²) in [7, 11) is 0. The number of unbranched alkanes of at least 4 members (excludes halogenated alkanes) is 1. The Bertz CT molecular complexity index is 547. The lowest BCUT2D eigenvalue weighted by Crippen LogP contribution is -2.06. The van der Waals surface area contributed by atoms with Crippen LogP contribution in [0.4, 0.5) is 0 Å². The zero-order valence-electron chi connectivity index (χ0n) is 16.0. The van der Waals surface area contributed by atoms with Crippen molar-refractivity contribution in [3.05, 3.63) is 67.3 Å². The van der Waals surface area contributed by atoms with Crippen LogP contribution in [-0.2, 0) is 9.59 Å². The highest BCUT2D eigenvalue weighted by molar-refractivity contribution is 5.85. The quantitative estimate of drug-likeness (QED) is 0.544. The smallest absolute Gasteiger partial charge is 0.330 e. The van der Waals surface area contributed by atoms with E-state index >= 15 is 0 Å². The SMILES string of the molecule is C=C(CC(CC)CCCC)C(=O)O.C=CC(=O)O.C=Cc1ccccc1. The lowest BCUT2D eigenvalue weighted by atomic mass is 9.92. The van der Waals surface area contributed by atoms with E-state index in [1.807, 2.05) is 36.4 Å². The summed E-state index contributed by atoms with van der Waals surface area (Å²) in [5.41, 5.74) is 1.52. The zero-order valence-corrected chi connectivity index (χ0v) is 16.0. The van der Waals surface area contributed by atoms with Crippen LogP contribution >= 0.6 is 0 Å². The van der Waals surface area contributed by atoms with Crippen molar-refractivity contribution < 1.29 is 19.8 Å². The molecule has 4 nitrogen and oxygen atoms in total. The molecule has 0 aliphatic heterocycles. The van der Waals surface area contributed by atoms with Gasteiger partial charge in [0.05, 0.1) is 0 Å². The maximum absolute atomic E-state index is 10.5. The number of benzene rings is 1. The van der Waals surface area contributed by atoms with E-state index < -0.39 is 11.9 Å². The van der Waals surface area contributed by atoms with Crippen molar-refractivity contribution in [3.8, 4) is 0 Å². The van der Waals surface area contributed by atoms with Gasteiger partial charge in [-0.25, -0.2) is 9.59 Å². The normalized spacial score (nSPS) is 10.1. The van der Waals surface area contributed by atoms with Gasteiger partial charge in [0.15, 0.2) is 0 Å². The van der Waals surface area contributed by atoms with Gasteiger partial charge in [0, 0.05) is 11.6 Å². The molecule has 144 valence electrons. The Hall–Kier alpha value is -2.62. The number of carbonyl (C=O) groups is 2. The Balaban J connectivity index is 0. The highest BCUT2D eigenvalue weighted by Crippen LogP contribution is 2.20. The van der Waals surface area contributed by atoms with Crippen molar-refractivity contribution in [2.75, 3.05) is 0 Å². The third-order valence-corrected chi connectivity index (χ3v) is 3.59. The molecule has 0 aromatic heterocycles. The number of rotatable bonds is 9. The first-order chi connectivity index (χ1) is 12.3. The standard InChI is InChI=1S/C11H20O2.C8H8.C3H4O2/c1-4-6-7-10(5-2)8-9(3)11(12)13;1-2-8-6-4-3-5-7-8;1-2-3(4)5/h10H,3-8H2,1-2H3,(H,12,13);2-7H,1H2;2H,1H2,(H,4,5). The van der Waals surface area contributed by atoms with Crippen molar-refractivity contribution in [1.82, 2.24) is 0 Å². The van der Waals surface area contributed by atoms with E-state index in [9.17, 15) is 9.59 Å². The lowest BCUT2D eigenvalue weighted by Gasteiger charge is -2.13. The van der Waals surface area contributed by atoms with E-state index in [1.165, 1.54) is 18.4 Å². The van der Waals surface area contributed by atoms with Gasteiger partial charge in [-0.05, 0) is 17.9 Å². The molecule has 1 unspecified atom stereocenters. The molecule has 0 bridgehead atoms. The van der Waals surface area contributed by atoms with Gasteiger partial charge in [-0.1, -0.05) is 95.7 Å². The van der Waals surface area contributed by atoms with Crippen molar-refractivity contribution >= 4 is 18.0 Å². The molecule has 1 rings (SSSR count). The van der Waals surface area contributed by atoms with Crippen molar-refractivity contribution in [3.63, 3.8) is 0 Å². The van der Waals surface area contributed by atoms with E-state index in [1.54, 1.807) is 0 Å². The molecule has 4 heteroatoms. The van der Waals surface area contributed by atoms with E-state index in [-0.39, 0.29) is 0 Å². The molecule has 0 spiro atoms. The second-order valence-corrected chi connectivity index (χ2v) is 5.69. The third kappa shape index (κ3) is 16.2. The summed E-state index contributed by atoms with van der Waals surface area (Å²) in [5, 5.41) is 16.3. The summed E-state index contributed by atoms with van der Waals surface area (Å²) in [6, 6.07) is 10.0. The molecule has 0 aliphatic rings. The molecule has 0 saturated carbocycles. The second kappa shape index (κ2) is 17.2.